The van der Waals surface area contributed by atoms with Gasteiger partial charge in [-0.2, -0.15) is 31.4 Å². The van der Waals surface area contributed by atoms with E-state index >= 15 is 0 Å². The molecule has 1 aromatic carbocycles. The Hall–Kier alpha value is -2.80. The third-order valence-corrected chi connectivity index (χ3v) is 6.80. The van der Waals surface area contributed by atoms with Gasteiger partial charge in [0.15, 0.2) is 5.82 Å². The minimum atomic E-state index is -6.25. The fourth-order valence-corrected chi connectivity index (χ4v) is 4.50. The Morgan fingerprint density at radius 2 is 1.76 bits per heavy atom. The zero-order chi connectivity index (χ0) is 27.2. The molecule has 0 aliphatic heterocycles. The summed E-state index contributed by atoms with van der Waals surface area (Å²) in [5, 5.41) is 7.19. The molecule has 1 fully saturated rings. The summed E-state index contributed by atoms with van der Waals surface area (Å²) in [4.78, 5) is 16.1. The van der Waals surface area contributed by atoms with E-state index in [2.05, 4.69) is 15.4 Å². The molecule has 0 bridgehead atoms. The highest BCUT2D eigenvalue weighted by Gasteiger charge is 2.73. The predicted octanol–water partition coefficient (Wildman–Crippen LogP) is 6.88. The van der Waals surface area contributed by atoms with Crippen molar-refractivity contribution in [1.29, 1.82) is 0 Å². The number of hydrogen-bond acceptors (Lipinski definition) is 4. The molecule has 0 unspecified atom stereocenters. The van der Waals surface area contributed by atoms with Gasteiger partial charge in [-0.05, 0) is 42.4 Å². The van der Waals surface area contributed by atoms with Gasteiger partial charge in [0, 0.05) is 29.6 Å². The van der Waals surface area contributed by atoms with Crippen molar-refractivity contribution in [2.75, 3.05) is 5.75 Å². The number of aromatic nitrogens is 3. The first kappa shape index (κ1) is 27.2. The van der Waals surface area contributed by atoms with E-state index in [0.29, 0.717) is 17.2 Å². The Labute approximate surface area is 215 Å². The Morgan fingerprint density at radius 1 is 1.08 bits per heavy atom. The van der Waals surface area contributed by atoms with Crippen molar-refractivity contribution in [3.8, 4) is 16.9 Å². The first-order valence-corrected chi connectivity index (χ1v) is 12.2. The molecule has 1 aliphatic rings. The summed E-state index contributed by atoms with van der Waals surface area (Å²) in [6.07, 6.45) is -7.71. The van der Waals surface area contributed by atoms with Crippen LogP contribution < -0.4 is 5.32 Å². The van der Waals surface area contributed by atoms with Crippen LogP contribution in [-0.4, -0.2) is 44.8 Å². The summed E-state index contributed by atoms with van der Waals surface area (Å²) >= 11 is 7.05. The van der Waals surface area contributed by atoms with Gasteiger partial charge in [0.05, 0.1) is 21.7 Å². The molecule has 1 saturated carbocycles. The number of carbonyl (C=O) groups excluding carboxylic acids is 1. The summed E-state index contributed by atoms with van der Waals surface area (Å²) in [5.41, 5.74) is -6.02. The van der Waals surface area contributed by atoms with Crippen molar-refractivity contribution in [3.63, 3.8) is 0 Å². The quantitative estimate of drug-likeness (QED) is 0.250. The number of halogens is 8. The lowest BCUT2D eigenvalue weighted by molar-refractivity contribution is -0.348. The van der Waals surface area contributed by atoms with Crippen molar-refractivity contribution in [1.82, 2.24) is 20.1 Å². The van der Waals surface area contributed by atoms with Crippen LogP contribution in [0.3, 0.4) is 0 Å². The summed E-state index contributed by atoms with van der Waals surface area (Å²) in [6.45, 7) is 1.62. The molecule has 2 heterocycles. The molecule has 1 aliphatic carbocycles. The lowest BCUT2D eigenvalue weighted by Crippen LogP contribution is -2.50. The molecule has 3 aromatic rings. The third kappa shape index (κ3) is 5.28. The minimum Gasteiger partial charge on any atom is -0.349 e. The van der Waals surface area contributed by atoms with E-state index in [0.717, 1.165) is 29.3 Å². The maximum atomic E-state index is 14.6. The molecule has 2 aromatic heterocycles. The Balaban J connectivity index is 1.71. The third-order valence-electron chi connectivity index (χ3n) is 5.57. The van der Waals surface area contributed by atoms with Gasteiger partial charge in [0.1, 0.15) is 0 Å². The topological polar surface area (TPSA) is 59.8 Å². The molecule has 0 atom stereocenters. The average Bonchev–Trinajstić information content (AvgIpc) is 3.49. The van der Waals surface area contributed by atoms with Crippen LogP contribution in [0.5, 0.6) is 0 Å². The number of pyridine rings is 1. The SMILES string of the molecule is CCSc1cc(C(F)(C(F)(F)F)C(F)(F)F)cnc1-n1cc(-c2ccc(Cl)c(C(=O)NC3CC3)c2)cn1. The van der Waals surface area contributed by atoms with Crippen molar-refractivity contribution < 1.29 is 35.5 Å². The average molecular weight is 567 g/mol. The van der Waals surface area contributed by atoms with Crippen LogP contribution in [0.1, 0.15) is 35.7 Å². The van der Waals surface area contributed by atoms with Crippen LogP contribution >= 0.6 is 23.4 Å². The maximum absolute atomic E-state index is 14.6. The van der Waals surface area contributed by atoms with Crippen molar-refractivity contribution >= 4 is 29.3 Å². The second-order valence-electron chi connectivity index (χ2n) is 8.25. The van der Waals surface area contributed by atoms with Gasteiger partial charge < -0.3 is 5.32 Å². The number of rotatable bonds is 7. The summed E-state index contributed by atoms with van der Waals surface area (Å²) in [7, 11) is 0. The van der Waals surface area contributed by atoms with Crippen LogP contribution in [0.15, 0.2) is 47.8 Å². The van der Waals surface area contributed by atoms with Crippen LogP contribution in [0.2, 0.25) is 5.02 Å². The number of hydrogen-bond donors (Lipinski definition) is 1. The Morgan fingerprint density at radius 3 is 2.35 bits per heavy atom. The van der Waals surface area contributed by atoms with Gasteiger partial charge in [-0.15, -0.1) is 11.8 Å². The molecular formula is C23H18ClF7N4OS. The van der Waals surface area contributed by atoms with Crippen LogP contribution in [0, 0.1) is 0 Å². The van der Waals surface area contributed by atoms with E-state index in [-0.39, 0.29) is 45.2 Å². The van der Waals surface area contributed by atoms with E-state index < -0.39 is 23.6 Å². The lowest BCUT2D eigenvalue weighted by Gasteiger charge is -2.30. The van der Waals surface area contributed by atoms with Gasteiger partial charge in [-0.1, -0.05) is 24.6 Å². The highest BCUT2D eigenvalue weighted by Crippen LogP contribution is 2.53. The van der Waals surface area contributed by atoms with Crippen LogP contribution in [0.4, 0.5) is 30.7 Å². The molecule has 0 spiro atoms. The molecule has 0 saturated heterocycles. The second-order valence-corrected chi connectivity index (χ2v) is 9.96. The highest BCUT2D eigenvalue weighted by molar-refractivity contribution is 7.99. The number of carbonyl (C=O) groups is 1. The number of nitrogens with one attached hydrogen (secondary N) is 1. The van der Waals surface area contributed by atoms with E-state index in [1.807, 2.05) is 0 Å². The molecular weight excluding hydrogens is 549 g/mol. The van der Waals surface area contributed by atoms with Gasteiger partial charge in [0.2, 0.25) is 0 Å². The number of nitrogens with zero attached hydrogens (tertiary/aromatic N) is 3. The largest absolute Gasteiger partial charge is 0.436 e. The van der Waals surface area contributed by atoms with Gasteiger partial charge >= 0.3 is 18.0 Å². The number of amides is 1. The molecule has 14 heteroatoms. The fourth-order valence-electron chi connectivity index (χ4n) is 3.50. The zero-order valence-electron chi connectivity index (χ0n) is 18.9. The Bertz CT molecular complexity index is 1310. The summed E-state index contributed by atoms with van der Waals surface area (Å²) < 4.78 is 95.1. The van der Waals surface area contributed by atoms with Crippen molar-refractivity contribution in [2.24, 2.45) is 0 Å². The van der Waals surface area contributed by atoms with E-state index in [9.17, 15) is 35.5 Å². The molecule has 4 rings (SSSR count). The molecule has 1 amide bonds. The standard InChI is InChI=1S/C23H18ClF7N4OS/c1-2-37-18-8-14(21(25,22(26,27)28)23(29,30)31)10-32-19(18)35-11-13(9-33-35)12-3-6-17(24)16(7-12)20(36)34-15-4-5-15/h3,6-11,15H,2,4-5H2,1H3,(H,34,36). The van der Waals surface area contributed by atoms with Crippen LogP contribution in [-0.2, 0) is 5.67 Å². The predicted molar refractivity (Wildman–Crippen MR) is 124 cm³/mol. The number of alkyl halides is 7. The van der Waals surface area contributed by atoms with E-state index in [1.54, 1.807) is 19.1 Å². The first-order chi connectivity index (χ1) is 17.3. The fraction of sp³-hybridized carbons (Fsp3) is 0.348. The van der Waals surface area contributed by atoms with E-state index in [4.69, 9.17) is 11.6 Å². The second kappa shape index (κ2) is 9.82. The number of thioether (sulfide) groups is 1. The normalized spacial score (nSPS) is 14.6. The lowest BCUT2D eigenvalue weighted by atomic mass is 9.96. The molecule has 1 N–H and O–H groups in total. The summed E-state index contributed by atoms with van der Waals surface area (Å²) in [5.74, 6) is -0.181. The smallest absolute Gasteiger partial charge is 0.349 e. The van der Waals surface area contributed by atoms with E-state index in [1.165, 1.54) is 18.5 Å². The first-order valence-electron chi connectivity index (χ1n) is 10.9. The molecule has 37 heavy (non-hydrogen) atoms. The number of benzene rings is 1. The van der Waals surface area contributed by atoms with Gasteiger partial charge in [-0.3, -0.25) is 4.79 Å². The van der Waals surface area contributed by atoms with Gasteiger partial charge in [0.25, 0.3) is 5.91 Å². The molecule has 0 radical (unpaired) electrons. The highest BCUT2D eigenvalue weighted by atomic mass is 35.5. The zero-order valence-corrected chi connectivity index (χ0v) is 20.5. The molecule has 198 valence electrons. The summed E-state index contributed by atoms with van der Waals surface area (Å²) in [6, 6.07) is 5.29. The van der Waals surface area contributed by atoms with Gasteiger partial charge in [-0.25, -0.2) is 14.1 Å². The maximum Gasteiger partial charge on any atom is 0.436 e. The monoisotopic (exact) mass is 566 g/mol. The van der Waals surface area contributed by atoms with Crippen LogP contribution in [0.25, 0.3) is 16.9 Å². The Kier molecular flexibility index (Phi) is 7.23. The van der Waals surface area contributed by atoms with Crippen molar-refractivity contribution in [2.45, 2.75) is 48.7 Å². The van der Waals surface area contributed by atoms with Crippen molar-refractivity contribution in [3.05, 3.63) is 59.0 Å². The minimum absolute atomic E-state index is 0.0887. The molecule has 5 nitrogen and oxygen atoms in total.